The van der Waals surface area contributed by atoms with E-state index < -0.39 is 12.1 Å². The second kappa shape index (κ2) is 6.62. The standard InChI is InChI=1S/C22H25N3O3/c1-13-5-7-18(8-6-13)25-16(4)21(27)23(22(25)28)12-20(26)19-11-14(2)24(15(19)3)17-9-10-17/h5-8,11,16-17H,9-10,12H2,1-4H3/t16-/m1/s1. The highest BCUT2D eigenvalue weighted by molar-refractivity contribution is 6.16. The van der Waals surface area contributed by atoms with E-state index in [0.717, 1.165) is 34.7 Å². The Kier molecular flexibility index (Phi) is 4.37. The SMILES string of the molecule is Cc1ccc(N2C(=O)N(CC(=O)c3cc(C)n(C4CC4)c3C)C(=O)[C@H]2C)cc1. The summed E-state index contributed by atoms with van der Waals surface area (Å²) in [5.74, 6) is -0.533. The number of aryl methyl sites for hydroxylation is 2. The Morgan fingerprint density at radius 2 is 1.71 bits per heavy atom. The van der Waals surface area contributed by atoms with Crippen molar-refractivity contribution in [3.63, 3.8) is 0 Å². The summed E-state index contributed by atoms with van der Waals surface area (Å²) in [5.41, 5.74) is 4.32. The van der Waals surface area contributed by atoms with Crippen LogP contribution in [0.3, 0.4) is 0 Å². The molecule has 1 aliphatic carbocycles. The lowest BCUT2D eigenvalue weighted by Gasteiger charge is -2.19. The molecule has 1 saturated heterocycles. The Morgan fingerprint density at radius 3 is 2.32 bits per heavy atom. The predicted octanol–water partition coefficient (Wildman–Crippen LogP) is 3.79. The first kappa shape index (κ1) is 18.5. The molecule has 0 N–H and O–H groups in total. The van der Waals surface area contributed by atoms with Crippen LogP contribution in [-0.4, -0.2) is 39.8 Å². The molecule has 28 heavy (non-hydrogen) atoms. The van der Waals surface area contributed by atoms with Gasteiger partial charge in [0.15, 0.2) is 5.78 Å². The zero-order valence-corrected chi connectivity index (χ0v) is 16.7. The largest absolute Gasteiger partial charge is 0.345 e. The third kappa shape index (κ3) is 2.93. The predicted molar refractivity (Wildman–Crippen MR) is 107 cm³/mol. The number of benzene rings is 1. The van der Waals surface area contributed by atoms with Crippen molar-refractivity contribution in [2.24, 2.45) is 0 Å². The third-order valence-corrected chi connectivity index (χ3v) is 5.76. The molecule has 1 aliphatic heterocycles. The Hall–Kier alpha value is -2.89. The number of carbonyl (C=O) groups excluding carboxylic acids is 3. The number of ketones is 1. The number of amides is 3. The van der Waals surface area contributed by atoms with E-state index in [1.54, 1.807) is 6.92 Å². The summed E-state index contributed by atoms with van der Waals surface area (Å²) in [6.07, 6.45) is 2.27. The van der Waals surface area contributed by atoms with Crippen LogP contribution in [0.4, 0.5) is 10.5 Å². The van der Waals surface area contributed by atoms with Gasteiger partial charge in [0.1, 0.15) is 6.04 Å². The second-order valence-electron chi connectivity index (χ2n) is 7.90. The monoisotopic (exact) mass is 379 g/mol. The van der Waals surface area contributed by atoms with Crippen LogP contribution in [0.5, 0.6) is 0 Å². The Balaban J connectivity index is 1.57. The first-order chi connectivity index (χ1) is 13.3. The van der Waals surface area contributed by atoms with E-state index >= 15 is 0 Å². The van der Waals surface area contributed by atoms with E-state index in [9.17, 15) is 14.4 Å². The molecule has 6 heteroatoms. The molecule has 2 aliphatic rings. The topological polar surface area (TPSA) is 62.6 Å². The number of rotatable bonds is 5. The minimum Gasteiger partial charge on any atom is -0.345 e. The molecule has 1 aromatic heterocycles. The van der Waals surface area contributed by atoms with E-state index in [4.69, 9.17) is 0 Å². The van der Waals surface area contributed by atoms with Crippen LogP contribution < -0.4 is 4.90 Å². The highest BCUT2D eigenvalue weighted by Gasteiger charge is 2.44. The van der Waals surface area contributed by atoms with Gasteiger partial charge in [0.2, 0.25) is 0 Å². The van der Waals surface area contributed by atoms with Gasteiger partial charge in [-0.05, 0) is 58.7 Å². The third-order valence-electron chi connectivity index (χ3n) is 5.76. The van der Waals surface area contributed by atoms with Crippen molar-refractivity contribution in [2.75, 3.05) is 11.4 Å². The Bertz CT molecular complexity index is 970. The molecule has 4 rings (SSSR count). The summed E-state index contributed by atoms with van der Waals surface area (Å²) in [6.45, 7) is 7.37. The number of carbonyl (C=O) groups is 3. The molecule has 2 aromatic rings. The maximum Gasteiger partial charge on any atom is 0.332 e. The van der Waals surface area contributed by atoms with Crippen molar-refractivity contribution < 1.29 is 14.4 Å². The van der Waals surface area contributed by atoms with Crippen molar-refractivity contribution in [2.45, 2.75) is 52.6 Å². The molecular formula is C22H25N3O3. The van der Waals surface area contributed by atoms with Crippen molar-refractivity contribution in [3.05, 3.63) is 52.8 Å². The van der Waals surface area contributed by atoms with Crippen molar-refractivity contribution >= 4 is 23.4 Å². The fourth-order valence-electron chi connectivity index (χ4n) is 4.09. The van der Waals surface area contributed by atoms with E-state index in [2.05, 4.69) is 4.57 Å². The second-order valence-corrected chi connectivity index (χ2v) is 7.90. The van der Waals surface area contributed by atoms with Crippen LogP contribution in [0, 0.1) is 20.8 Å². The smallest absolute Gasteiger partial charge is 0.332 e. The number of hydrogen-bond acceptors (Lipinski definition) is 3. The molecule has 146 valence electrons. The highest BCUT2D eigenvalue weighted by atomic mass is 16.2. The fourth-order valence-corrected chi connectivity index (χ4v) is 4.09. The molecule has 1 saturated carbocycles. The van der Waals surface area contributed by atoms with Crippen LogP contribution in [0.15, 0.2) is 30.3 Å². The zero-order chi connectivity index (χ0) is 20.2. The van der Waals surface area contributed by atoms with E-state index in [-0.39, 0.29) is 18.2 Å². The van der Waals surface area contributed by atoms with Crippen molar-refractivity contribution in [3.8, 4) is 0 Å². The van der Waals surface area contributed by atoms with Gasteiger partial charge >= 0.3 is 6.03 Å². The minimum absolute atomic E-state index is 0.195. The van der Waals surface area contributed by atoms with Crippen molar-refractivity contribution in [1.82, 2.24) is 9.47 Å². The molecular weight excluding hydrogens is 354 g/mol. The first-order valence-electron chi connectivity index (χ1n) is 9.72. The number of imide groups is 1. The molecule has 0 bridgehead atoms. The lowest BCUT2D eigenvalue weighted by Crippen LogP contribution is -2.37. The van der Waals surface area contributed by atoms with Crippen LogP contribution >= 0.6 is 0 Å². The number of urea groups is 1. The van der Waals surface area contributed by atoms with Gasteiger partial charge in [0, 0.05) is 28.7 Å². The number of hydrogen-bond donors (Lipinski definition) is 0. The molecule has 0 spiro atoms. The normalized spacial score (nSPS) is 19.6. The van der Waals surface area contributed by atoms with Gasteiger partial charge in [-0.3, -0.25) is 19.4 Å². The molecule has 6 nitrogen and oxygen atoms in total. The molecule has 0 unspecified atom stereocenters. The summed E-state index contributed by atoms with van der Waals surface area (Å²) in [6, 6.07) is 8.75. The van der Waals surface area contributed by atoms with Gasteiger partial charge in [-0.2, -0.15) is 0 Å². The fraction of sp³-hybridized carbons (Fsp3) is 0.409. The van der Waals surface area contributed by atoms with Gasteiger partial charge in [0.25, 0.3) is 5.91 Å². The highest BCUT2D eigenvalue weighted by Crippen LogP contribution is 2.38. The summed E-state index contributed by atoms with van der Waals surface area (Å²) in [4.78, 5) is 41.1. The molecule has 0 radical (unpaired) electrons. The van der Waals surface area contributed by atoms with Crippen LogP contribution in [0.25, 0.3) is 0 Å². The van der Waals surface area contributed by atoms with Crippen LogP contribution in [0.2, 0.25) is 0 Å². The number of nitrogens with zero attached hydrogens (tertiary/aromatic N) is 3. The number of anilines is 1. The lowest BCUT2D eigenvalue weighted by molar-refractivity contribution is -0.126. The lowest BCUT2D eigenvalue weighted by atomic mass is 10.1. The number of Topliss-reactive ketones (excluding diaryl/α,β-unsaturated/α-hetero) is 1. The van der Waals surface area contributed by atoms with Crippen LogP contribution in [-0.2, 0) is 4.79 Å². The van der Waals surface area contributed by atoms with E-state index in [1.807, 2.05) is 51.1 Å². The summed E-state index contributed by atoms with van der Waals surface area (Å²) in [7, 11) is 0. The minimum atomic E-state index is -0.623. The van der Waals surface area contributed by atoms with Gasteiger partial charge in [-0.1, -0.05) is 17.7 Å². The first-order valence-corrected chi connectivity index (χ1v) is 9.72. The van der Waals surface area contributed by atoms with E-state index in [1.165, 1.54) is 4.90 Å². The average Bonchev–Trinajstić information content (AvgIpc) is 3.41. The van der Waals surface area contributed by atoms with Gasteiger partial charge in [0.05, 0.1) is 6.54 Å². The van der Waals surface area contributed by atoms with Gasteiger partial charge in [-0.25, -0.2) is 4.79 Å². The molecule has 1 atom stereocenters. The molecule has 2 heterocycles. The maximum atomic E-state index is 12.9. The Labute approximate surface area is 164 Å². The van der Waals surface area contributed by atoms with E-state index in [0.29, 0.717) is 17.3 Å². The van der Waals surface area contributed by atoms with Gasteiger partial charge < -0.3 is 4.57 Å². The maximum absolute atomic E-state index is 12.9. The quantitative estimate of drug-likeness (QED) is 0.587. The molecule has 3 amide bonds. The summed E-state index contributed by atoms with van der Waals surface area (Å²) < 4.78 is 2.20. The molecule has 2 fully saturated rings. The Morgan fingerprint density at radius 1 is 1.07 bits per heavy atom. The van der Waals surface area contributed by atoms with Crippen molar-refractivity contribution in [1.29, 1.82) is 0 Å². The average molecular weight is 379 g/mol. The van der Waals surface area contributed by atoms with Gasteiger partial charge in [-0.15, -0.1) is 0 Å². The number of aromatic nitrogens is 1. The molecule has 1 aromatic carbocycles. The zero-order valence-electron chi connectivity index (χ0n) is 16.7. The van der Waals surface area contributed by atoms with Crippen LogP contribution in [0.1, 0.15) is 53.1 Å². The summed E-state index contributed by atoms with van der Waals surface area (Å²) in [5, 5.41) is 0. The summed E-state index contributed by atoms with van der Waals surface area (Å²) >= 11 is 0.